The van der Waals surface area contributed by atoms with Gasteiger partial charge in [-0.25, -0.2) is 0 Å². The van der Waals surface area contributed by atoms with Gasteiger partial charge in [-0.05, 0) is 0 Å². The third-order valence-corrected chi connectivity index (χ3v) is 0.723. The molecule has 0 saturated carbocycles. The Morgan fingerprint density at radius 2 is 1.33 bits per heavy atom. The standard InChI is InChI=1S/C5H12O4/c6-1-5(2-7,3-8)4-9/h6-9H,1-4H2/i1D,2D2,3D2,4D2. The second-order valence-corrected chi connectivity index (χ2v) is 1.27. The molecule has 0 aliphatic rings. The molecule has 0 aliphatic heterocycles. The molecule has 0 amide bonds. The van der Waals surface area contributed by atoms with Crippen molar-refractivity contribution in [3.63, 3.8) is 0 Å². The van der Waals surface area contributed by atoms with Crippen LogP contribution in [-0.4, -0.2) is 46.7 Å². The van der Waals surface area contributed by atoms with Crippen molar-refractivity contribution in [3.8, 4) is 0 Å². The molecule has 0 aromatic carbocycles. The van der Waals surface area contributed by atoms with Crippen molar-refractivity contribution >= 4 is 0 Å². The minimum absolute atomic E-state index is 2.95. The van der Waals surface area contributed by atoms with Crippen molar-refractivity contribution in [1.82, 2.24) is 0 Å². The van der Waals surface area contributed by atoms with Crippen LogP contribution in [0.25, 0.3) is 0 Å². The fraction of sp³-hybridized carbons (Fsp3) is 1.00. The van der Waals surface area contributed by atoms with Gasteiger partial charge in [-0.1, -0.05) is 0 Å². The van der Waals surface area contributed by atoms with Crippen LogP contribution in [-0.2, 0) is 0 Å². The summed E-state index contributed by atoms with van der Waals surface area (Å²) in [5.41, 5.74) is -3.80. The van der Waals surface area contributed by atoms with E-state index >= 15 is 0 Å². The van der Waals surface area contributed by atoms with E-state index in [1.54, 1.807) is 0 Å². The lowest BCUT2D eigenvalue weighted by Crippen LogP contribution is -2.37. The van der Waals surface area contributed by atoms with Gasteiger partial charge in [0.05, 0.1) is 41.3 Å². The summed E-state index contributed by atoms with van der Waals surface area (Å²) in [6, 6.07) is 0. The molecular formula is C5H12O4. The number of hydrogen-bond acceptors (Lipinski definition) is 4. The van der Waals surface area contributed by atoms with Gasteiger partial charge in [-0.3, -0.25) is 0 Å². The summed E-state index contributed by atoms with van der Waals surface area (Å²) in [6.07, 6.45) is 0. The molecule has 0 aromatic rings. The lowest BCUT2D eigenvalue weighted by atomic mass is 9.93. The van der Waals surface area contributed by atoms with Gasteiger partial charge < -0.3 is 20.4 Å². The molecule has 4 heteroatoms. The lowest BCUT2D eigenvalue weighted by molar-refractivity contribution is -0.0328. The molecule has 0 fully saturated rings. The van der Waals surface area contributed by atoms with Crippen molar-refractivity contribution in [2.24, 2.45) is 5.41 Å². The number of hydrogen-bond donors (Lipinski definition) is 4. The van der Waals surface area contributed by atoms with E-state index in [4.69, 9.17) is 30.0 Å². The van der Waals surface area contributed by atoms with Gasteiger partial charge in [0.15, 0.2) is 0 Å². The maximum absolute atomic E-state index is 9.02. The summed E-state index contributed by atoms with van der Waals surface area (Å²) in [7, 11) is 0. The normalized spacial score (nSPS) is 31.8. The van der Waals surface area contributed by atoms with Crippen molar-refractivity contribution in [2.75, 3.05) is 26.3 Å². The summed E-state index contributed by atoms with van der Waals surface area (Å²) in [5, 5.41) is 36.0. The Morgan fingerprint density at radius 1 is 1.00 bits per heavy atom. The summed E-state index contributed by atoms with van der Waals surface area (Å²) in [6.45, 7) is -14.6. The summed E-state index contributed by atoms with van der Waals surface area (Å²) in [5.74, 6) is 0. The molecule has 4 N–H and O–H groups in total. The largest absolute Gasteiger partial charge is 0.396 e. The Labute approximate surface area is 63.2 Å². The molecule has 9 heavy (non-hydrogen) atoms. The molecular weight excluding hydrogens is 124 g/mol. The highest BCUT2D eigenvalue weighted by Gasteiger charge is 2.26. The van der Waals surface area contributed by atoms with Gasteiger partial charge in [0, 0.05) is 0 Å². The first-order valence-corrected chi connectivity index (χ1v) is 1.97. The van der Waals surface area contributed by atoms with Crippen molar-refractivity contribution in [1.29, 1.82) is 0 Å². The second-order valence-electron chi connectivity index (χ2n) is 1.27. The third kappa shape index (κ3) is 1.91. The fourth-order valence-corrected chi connectivity index (χ4v) is 0.162. The van der Waals surface area contributed by atoms with Crippen LogP contribution in [0.2, 0.25) is 0 Å². The average Bonchev–Trinajstić information content (AvgIpc) is 1.71. The maximum Gasteiger partial charge on any atom is 0.0627 e. The van der Waals surface area contributed by atoms with Gasteiger partial charge in [0.2, 0.25) is 0 Å². The second kappa shape index (κ2) is 3.79. The van der Waals surface area contributed by atoms with Crippen LogP contribution in [0.1, 0.15) is 9.60 Å². The third-order valence-electron chi connectivity index (χ3n) is 0.723. The summed E-state index contributed by atoms with van der Waals surface area (Å²) in [4.78, 5) is 0. The van der Waals surface area contributed by atoms with Crippen LogP contribution in [0.3, 0.4) is 0 Å². The highest BCUT2D eigenvalue weighted by atomic mass is 16.3. The van der Waals surface area contributed by atoms with Gasteiger partial charge in [-0.15, -0.1) is 0 Å². The molecule has 0 radical (unpaired) electrons. The Balaban J connectivity index is 6.05. The van der Waals surface area contributed by atoms with E-state index < -0.39 is 31.7 Å². The van der Waals surface area contributed by atoms with Gasteiger partial charge in [0.25, 0.3) is 0 Å². The Kier molecular flexibility index (Phi) is 1.04. The molecule has 0 rings (SSSR count). The highest BCUT2D eigenvalue weighted by Crippen LogP contribution is 2.11. The van der Waals surface area contributed by atoms with Gasteiger partial charge >= 0.3 is 0 Å². The highest BCUT2D eigenvalue weighted by molar-refractivity contribution is 4.74. The topological polar surface area (TPSA) is 80.9 Å². The van der Waals surface area contributed by atoms with E-state index in [0.717, 1.165) is 0 Å². The summed E-state index contributed by atoms with van der Waals surface area (Å²) >= 11 is 0. The fourth-order valence-electron chi connectivity index (χ4n) is 0.162. The zero-order chi connectivity index (χ0) is 13.6. The smallest absolute Gasteiger partial charge is 0.0627 e. The minimum atomic E-state index is -3.88. The van der Waals surface area contributed by atoms with E-state index in [9.17, 15) is 0 Å². The number of rotatable bonds is 4. The molecule has 56 valence electrons. The molecule has 0 aromatic heterocycles. The minimum Gasteiger partial charge on any atom is -0.396 e. The Morgan fingerprint density at radius 3 is 1.33 bits per heavy atom. The van der Waals surface area contributed by atoms with Crippen molar-refractivity contribution < 1.29 is 30.0 Å². The average molecular weight is 143 g/mol. The van der Waals surface area contributed by atoms with Crippen LogP contribution < -0.4 is 0 Å². The molecule has 1 unspecified atom stereocenters. The Hall–Kier alpha value is -0.160. The zero-order valence-electron chi connectivity index (χ0n) is 11.4. The van der Waals surface area contributed by atoms with Crippen LogP contribution in [0, 0.1) is 5.41 Å². The molecule has 4 nitrogen and oxygen atoms in total. The molecule has 0 heterocycles. The molecule has 0 aliphatic carbocycles. The Bertz CT molecular complexity index is 213. The molecule has 0 spiro atoms. The van der Waals surface area contributed by atoms with E-state index in [-0.39, 0.29) is 0 Å². The van der Waals surface area contributed by atoms with Crippen LogP contribution in [0.4, 0.5) is 0 Å². The predicted molar refractivity (Wildman–Crippen MR) is 30.8 cm³/mol. The molecule has 0 saturated heterocycles. The van der Waals surface area contributed by atoms with Gasteiger partial charge in [0.1, 0.15) is 0 Å². The monoisotopic (exact) mass is 143 g/mol. The number of aliphatic hydroxyl groups is 4. The molecule has 1 atom stereocenters. The first kappa shape index (κ1) is 2.47. The molecule has 0 bridgehead atoms. The first-order valence-electron chi connectivity index (χ1n) is 5.55. The maximum atomic E-state index is 9.02. The SMILES string of the molecule is [2H]C(O)C(C([2H])([2H])O)(C([2H])([2H])O)C([2H])([2H])O. The van der Waals surface area contributed by atoms with E-state index in [0.29, 0.717) is 0 Å². The zero-order valence-corrected chi connectivity index (χ0v) is 4.37. The van der Waals surface area contributed by atoms with Crippen molar-refractivity contribution in [2.45, 2.75) is 0 Å². The summed E-state index contributed by atoms with van der Waals surface area (Å²) < 4.78 is 47.7. The first-order chi connectivity index (χ1) is 6.69. The van der Waals surface area contributed by atoms with Crippen LogP contribution in [0.15, 0.2) is 0 Å². The quantitative estimate of drug-likeness (QED) is 0.365. The lowest BCUT2D eigenvalue weighted by Gasteiger charge is -2.23. The van der Waals surface area contributed by atoms with E-state index in [1.165, 1.54) is 0 Å². The van der Waals surface area contributed by atoms with Gasteiger partial charge in [-0.2, -0.15) is 0 Å². The van der Waals surface area contributed by atoms with Crippen LogP contribution in [0.5, 0.6) is 0 Å². The van der Waals surface area contributed by atoms with E-state index in [2.05, 4.69) is 0 Å². The van der Waals surface area contributed by atoms with E-state index in [1.807, 2.05) is 0 Å². The number of aliphatic hydroxyl groups excluding tert-OH is 1. The van der Waals surface area contributed by atoms with Crippen molar-refractivity contribution in [3.05, 3.63) is 0 Å². The van der Waals surface area contributed by atoms with Crippen LogP contribution >= 0.6 is 0 Å². The predicted octanol–water partition coefficient (Wildman–Crippen LogP) is -2.06.